The predicted molar refractivity (Wildman–Crippen MR) is 389 cm³/mol. The molecule has 3 aromatic carbocycles. The van der Waals surface area contributed by atoms with Gasteiger partial charge < -0.3 is 9.47 Å². The van der Waals surface area contributed by atoms with Gasteiger partial charge in [-0.2, -0.15) is 8.75 Å². The Labute approximate surface area is 561 Å². The van der Waals surface area contributed by atoms with Gasteiger partial charge >= 0.3 is 0 Å². The Morgan fingerprint density at radius 3 is 0.903 bits per heavy atom. The molecule has 12 aromatic rings. The van der Waals surface area contributed by atoms with E-state index in [4.69, 9.17) is 28.2 Å². The molecule has 0 aliphatic carbocycles. The number of hydrogen-bond donors (Lipinski definition) is 0. The molecule has 93 heavy (non-hydrogen) atoms. The molecule has 0 spiro atoms. The summed E-state index contributed by atoms with van der Waals surface area (Å²) >= 11 is 4.77. The first kappa shape index (κ1) is 64.5. The van der Waals surface area contributed by atoms with Gasteiger partial charge in [0.1, 0.15) is 11.0 Å². The monoisotopic (exact) mass is 1280 g/mol. The second-order valence-electron chi connectivity index (χ2n) is 24.0. The van der Waals surface area contributed by atoms with Gasteiger partial charge in [0.25, 0.3) is 0 Å². The molecule has 0 aliphatic rings. The summed E-state index contributed by atoms with van der Waals surface area (Å²) in [6.45, 7) is 5.73. The average molecular weight is 1280 g/mol. The van der Waals surface area contributed by atoms with E-state index in [1.807, 2.05) is 97.6 Å². The topological polar surface area (TPSA) is 122 Å². The second-order valence-corrected chi connectivity index (χ2v) is 26.7. The summed E-state index contributed by atoms with van der Waals surface area (Å²) in [6, 6.07) is 58.8. The first-order valence-electron chi connectivity index (χ1n) is 33.8. The van der Waals surface area contributed by atoms with Gasteiger partial charge in [-0.1, -0.05) is 202 Å². The molecule has 0 atom stereocenters. The summed E-state index contributed by atoms with van der Waals surface area (Å²) in [7, 11) is 0. The van der Waals surface area contributed by atoms with Crippen LogP contribution in [-0.2, 0) is 0 Å². The van der Waals surface area contributed by atoms with E-state index in [-0.39, 0.29) is 0 Å². The third-order valence-electron chi connectivity index (χ3n) is 17.2. The van der Waals surface area contributed by atoms with Crippen LogP contribution in [0.4, 0.5) is 0 Å². The molecular weight excluding hydrogens is 1200 g/mol. The van der Waals surface area contributed by atoms with Crippen LogP contribution in [-0.4, -0.2) is 51.9 Å². The minimum atomic E-state index is 0.575. The number of nitrogens with zero attached hydrogens (tertiary/aromatic N) is 8. The minimum absolute atomic E-state index is 0.575. The maximum atomic E-state index is 7.26. The zero-order valence-electron chi connectivity index (χ0n) is 53.7. The minimum Gasteiger partial charge on any atom is -0.489 e. The van der Waals surface area contributed by atoms with Crippen LogP contribution in [0.1, 0.15) is 142 Å². The van der Waals surface area contributed by atoms with Crippen LogP contribution in [0.15, 0.2) is 195 Å². The van der Waals surface area contributed by atoms with Crippen molar-refractivity contribution in [2.45, 2.75) is 142 Å². The number of ether oxygens (including phenoxy) is 2. The summed E-state index contributed by atoms with van der Waals surface area (Å²) in [4.78, 5) is 33.1. The van der Waals surface area contributed by atoms with Gasteiger partial charge in [-0.3, -0.25) is 19.9 Å². The molecule has 0 radical (unpaired) electrons. The molecule has 0 saturated carbocycles. The molecule has 9 heterocycles. The standard InChI is InChI=1S/C80H82N8O2S3/c1-3-5-7-9-11-13-15-17-19-29-51-89-79-75(73-45-43-71(91-73)59-39-35-57(36-40-59)61-53-67(63-31-21-25-47-81-63)85-68(54-61)64-32-22-26-48-82-64)77-78(88-93-87-77)76(80(79)90-52-30-20-18-16-14-12-10-8-6-4-2)74-46-44-72(92-74)60-41-37-58(38-42-60)62-55-69(65-33-23-27-49-83-65)86-70(56-62)66-34-24-28-50-84-66/h21-28,31-50,53-56H,3-20,29-30,51-52H2,1-2H3. The quantitative estimate of drug-likeness (QED) is 0.0360. The summed E-state index contributed by atoms with van der Waals surface area (Å²) in [5.41, 5.74) is 16.5. The van der Waals surface area contributed by atoms with E-state index >= 15 is 0 Å². The first-order valence-corrected chi connectivity index (χ1v) is 36.1. The van der Waals surface area contributed by atoms with Crippen molar-refractivity contribution in [2.24, 2.45) is 0 Å². The van der Waals surface area contributed by atoms with Crippen molar-refractivity contribution < 1.29 is 9.47 Å². The van der Waals surface area contributed by atoms with Crippen LogP contribution in [0.3, 0.4) is 0 Å². The van der Waals surface area contributed by atoms with Gasteiger partial charge in [0.15, 0.2) is 11.5 Å². The van der Waals surface area contributed by atoms with E-state index in [0.717, 1.165) is 158 Å². The van der Waals surface area contributed by atoms with E-state index in [2.05, 4.69) is 131 Å². The van der Waals surface area contributed by atoms with Crippen LogP contribution in [0, 0.1) is 0 Å². The lowest BCUT2D eigenvalue weighted by Gasteiger charge is -2.20. The van der Waals surface area contributed by atoms with Crippen molar-refractivity contribution in [1.82, 2.24) is 38.7 Å². The fourth-order valence-electron chi connectivity index (χ4n) is 12.1. The summed E-state index contributed by atoms with van der Waals surface area (Å²) in [6.07, 6.45) is 32.2. The van der Waals surface area contributed by atoms with Gasteiger partial charge in [-0.15, -0.1) is 22.7 Å². The Kier molecular flexibility index (Phi) is 23.1. The highest BCUT2D eigenvalue weighted by Gasteiger charge is 2.29. The van der Waals surface area contributed by atoms with Crippen molar-refractivity contribution in [3.8, 4) is 121 Å². The van der Waals surface area contributed by atoms with E-state index in [9.17, 15) is 0 Å². The summed E-state index contributed by atoms with van der Waals surface area (Å²) in [5, 5.41) is 0. The van der Waals surface area contributed by atoms with Crippen LogP contribution in [0.2, 0.25) is 0 Å². The smallest absolute Gasteiger partial charge is 0.172 e. The zero-order valence-corrected chi connectivity index (χ0v) is 56.1. The number of thiophene rings is 2. The van der Waals surface area contributed by atoms with E-state index < -0.39 is 0 Å². The van der Waals surface area contributed by atoms with E-state index in [1.165, 1.54) is 114 Å². The highest BCUT2D eigenvalue weighted by atomic mass is 32.1. The molecule has 0 aliphatic heterocycles. The predicted octanol–water partition coefficient (Wildman–Crippen LogP) is 23.5. The highest BCUT2D eigenvalue weighted by Crippen LogP contribution is 2.54. The Hall–Kier alpha value is -8.62. The Morgan fingerprint density at radius 1 is 0.290 bits per heavy atom. The average Bonchev–Trinajstić information content (AvgIpc) is 1.66. The molecule has 10 nitrogen and oxygen atoms in total. The van der Waals surface area contributed by atoms with Gasteiger partial charge in [0.05, 0.1) is 81.6 Å². The molecule has 472 valence electrons. The highest BCUT2D eigenvalue weighted by molar-refractivity contribution is 7.19. The lowest BCUT2D eigenvalue weighted by atomic mass is 10.0. The molecule has 0 amide bonds. The van der Waals surface area contributed by atoms with Crippen molar-refractivity contribution in [3.63, 3.8) is 0 Å². The number of aromatic nitrogens is 8. The summed E-state index contributed by atoms with van der Waals surface area (Å²) in [5.74, 6) is 1.52. The van der Waals surface area contributed by atoms with Crippen LogP contribution < -0.4 is 9.47 Å². The molecule has 0 fully saturated rings. The number of benzene rings is 3. The Morgan fingerprint density at radius 2 is 0.591 bits per heavy atom. The third kappa shape index (κ3) is 16.8. The van der Waals surface area contributed by atoms with Crippen LogP contribution in [0.5, 0.6) is 11.5 Å². The molecule has 0 unspecified atom stereocenters. The summed E-state index contributed by atoms with van der Waals surface area (Å²) < 4.78 is 24.9. The van der Waals surface area contributed by atoms with Gasteiger partial charge in [-0.05, 0) is 143 Å². The van der Waals surface area contributed by atoms with Crippen LogP contribution >= 0.6 is 34.4 Å². The van der Waals surface area contributed by atoms with E-state index in [0.29, 0.717) is 13.2 Å². The third-order valence-corrected chi connectivity index (χ3v) is 20.0. The van der Waals surface area contributed by atoms with Gasteiger partial charge in [0.2, 0.25) is 0 Å². The molecule has 0 N–H and O–H groups in total. The Balaban J connectivity index is 0.875. The number of fused-ring (bicyclic) bond motifs is 1. The number of hydrogen-bond acceptors (Lipinski definition) is 13. The molecular formula is C80H82N8O2S3. The van der Waals surface area contributed by atoms with Crippen molar-refractivity contribution >= 4 is 45.4 Å². The molecule has 9 aromatic heterocycles. The van der Waals surface area contributed by atoms with Crippen molar-refractivity contribution in [2.75, 3.05) is 13.2 Å². The normalized spacial score (nSPS) is 11.4. The lowest BCUT2D eigenvalue weighted by Crippen LogP contribution is -2.06. The second kappa shape index (κ2) is 33.3. The fourth-order valence-corrected chi connectivity index (χ4v) is 14.8. The molecule has 12 rings (SSSR count). The zero-order chi connectivity index (χ0) is 63.2. The molecule has 0 bridgehead atoms. The van der Waals surface area contributed by atoms with Crippen molar-refractivity contribution in [1.29, 1.82) is 0 Å². The first-order chi connectivity index (χ1) is 46.1. The Bertz CT molecular complexity index is 3860. The van der Waals surface area contributed by atoms with E-state index in [1.54, 1.807) is 22.7 Å². The SMILES string of the molecule is CCCCCCCCCCCCOc1c(OCCCCCCCCCCCC)c(-c2ccc(-c3ccc(-c4cc(-c5ccccn5)nc(-c5ccccn5)c4)cc3)s2)c2nsnc2c1-c1ccc(-c2ccc(-c3cc(-c4ccccn4)nc(-c4ccccn4)c3)cc2)s1. The molecule has 0 saturated heterocycles. The lowest BCUT2D eigenvalue weighted by molar-refractivity contribution is 0.260. The largest absolute Gasteiger partial charge is 0.489 e. The van der Waals surface area contributed by atoms with Crippen LogP contribution in [0.25, 0.3) is 121 Å². The maximum Gasteiger partial charge on any atom is 0.172 e. The number of pyridine rings is 6. The fraction of sp³-hybridized carbons (Fsp3) is 0.300. The molecule has 13 heteroatoms. The number of rotatable bonds is 34. The van der Waals surface area contributed by atoms with Crippen molar-refractivity contribution in [3.05, 3.63) is 195 Å². The van der Waals surface area contributed by atoms with Gasteiger partial charge in [-0.25, -0.2) is 9.97 Å². The number of unbranched alkanes of at least 4 members (excludes halogenated alkanes) is 18. The maximum absolute atomic E-state index is 7.26. The van der Waals surface area contributed by atoms with Gasteiger partial charge in [0, 0.05) is 44.3 Å².